The average molecular weight is 324 g/mol. The largest absolute Gasteiger partial charge is 0.457 e. The van der Waals surface area contributed by atoms with Crippen molar-refractivity contribution in [1.29, 1.82) is 0 Å². The molecule has 0 aromatic heterocycles. The van der Waals surface area contributed by atoms with Crippen molar-refractivity contribution >= 4 is 5.97 Å². The summed E-state index contributed by atoms with van der Waals surface area (Å²) in [6.07, 6.45) is 0.206. The number of ether oxygens (including phenoxy) is 5. The maximum absolute atomic E-state index is 11.3. The summed E-state index contributed by atoms with van der Waals surface area (Å²) in [6, 6.07) is 0. The fourth-order valence-electron chi connectivity index (χ4n) is 1.51. The first-order chi connectivity index (χ1) is 10.7. The van der Waals surface area contributed by atoms with E-state index in [9.17, 15) is 4.79 Å². The lowest BCUT2D eigenvalue weighted by molar-refractivity contribution is -0.160. The van der Waals surface area contributed by atoms with Crippen molar-refractivity contribution in [2.24, 2.45) is 0 Å². The zero-order valence-electron chi connectivity index (χ0n) is 13.4. The third-order valence-electron chi connectivity index (χ3n) is 2.54. The van der Waals surface area contributed by atoms with Gasteiger partial charge in [0.25, 0.3) is 0 Å². The van der Waals surface area contributed by atoms with Gasteiger partial charge in [-0.3, -0.25) is 4.79 Å². The quantitative estimate of drug-likeness (QED) is 0.322. The van der Waals surface area contributed by atoms with Crippen molar-refractivity contribution in [3.05, 3.63) is 0 Å². The van der Waals surface area contributed by atoms with Crippen LogP contribution in [0, 0.1) is 0 Å². The van der Waals surface area contributed by atoms with Crippen molar-refractivity contribution in [3.63, 3.8) is 0 Å². The molecule has 22 heavy (non-hydrogen) atoms. The monoisotopic (exact) mass is 324 g/mol. The maximum atomic E-state index is 11.3. The van der Waals surface area contributed by atoms with E-state index in [4.69, 9.17) is 33.9 Å². The number of hydrogen-bond donors (Lipinski definition) is 2. The molecule has 8 heteroatoms. The number of hydrogen-bond acceptors (Lipinski definition) is 8. The van der Waals surface area contributed by atoms with Gasteiger partial charge in [0.2, 0.25) is 0 Å². The topological polar surface area (TPSA) is 104 Å². The molecule has 8 nitrogen and oxygen atoms in total. The Balaban J connectivity index is 4.13. The van der Waals surface area contributed by atoms with E-state index < -0.39 is 12.9 Å². The maximum Gasteiger partial charge on any atom is 0.305 e. The van der Waals surface area contributed by atoms with Crippen LogP contribution >= 0.6 is 0 Å². The number of esters is 1. The van der Waals surface area contributed by atoms with Gasteiger partial charge in [0.1, 0.15) is 25.8 Å². The molecule has 2 atom stereocenters. The molecule has 0 fully saturated rings. The normalized spacial score (nSPS) is 13.8. The second kappa shape index (κ2) is 15.1. The van der Waals surface area contributed by atoms with Gasteiger partial charge in [0.15, 0.2) is 0 Å². The van der Waals surface area contributed by atoms with Gasteiger partial charge in [-0.25, -0.2) is 0 Å². The van der Waals surface area contributed by atoms with Gasteiger partial charge in [-0.05, 0) is 6.42 Å². The zero-order chi connectivity index (χ0) is 16.6. The van der Waals surface area contributed by atoms with Gasteiger partial charge in [-0.1, -0.05) is 13.8 Å². The molecule has 0 heterocycles. The van der Waals surface area contributed by atoms with E-state index in [0.29, 0.717) is 6.61 Å². The lowest BCUT2D eigenvalue weighted by Crippen LogP contribution is -2.32. The van der Waals surface area contributed by atoms with Crippen LogP contribution in [0.15, 0.2) is 0 Å². The first kappa shape index (κ1) is 21.2. The molecule has 0 aliphatic carbocycles. The van der Waals surface area contributed by atoms with E-state index in [2.05, 4.69) is 0 Å². The Bertz CT molecular complexity index is 253. The van der Waals surface area contributed by atoms with Crippen LogP contribution < -0.4 is 0 Å². The Morgan fingerprint density at radius 2 is 1.45 bits per heavy atom. The van der Waals surface area contributed by atoms with Crippen molar-refractivity contribution in [3.8, 4) is 0 Å². The van der Waals surface area contributed by atoms with Gasteiger partial charge in [-0.15, -0.1) is 0 Å². The van der Waals surface area contributed by atoms with E-state index in [1.165, 1.54) is 0 Å². The number of carbonyl (C=O) groups excluding carboxylic acids is 1. The molecule has 0 spiro atoms. The summed E-state index contributed by atoms with van der Waals surface area (Å²) in [4.78, 5) is 11.3. The van der Waals surface area contributed by atoms with Crippen LogP contribution in [0.25, 0.3) is 0 Å². The first-order valence-electron chi connectivity index (χ1n) is 7.43. The highest BCUT2D eigenvalue weighted by molar-refractivity contribution is 5.69. The highest BCUT2D eigenvalue weighted by Gasteiger charge is 2.16. The molecule has 2 unspecified atom stereocenters. The van der Waals surface area contributed by atoms with Gasteiger partial charge in [0.05, 0.1) is 26.4 Å². The fourth-order valence-corrected chi connectivity index (χ4v) is 1.51. The first-order valence-corrected chi connectivity index (χ1v) is 7.43. The van der Waals surface area contributed by atoms with Crippen molar-refractivity contribution in [1.82, 2.24) is 0 Å². The van der Waals surface area contributed by atoms with Gasteiger partial charge >= 0.3 is 5.97 Å². The minimum Gasteiger partial charge on any atom is -0.457 e. The van der Waals surface area contributed by atoms with Crippen LogP contribution in [-0.2, 0) is 28.5 Å². The number of rotatable bonds is 15. The van der Waals surface area contributed by atoms with Crippen LogP contribution in [-0.4, -0.2) is 75.0 Å². The Labute approximate surface area is 131 Å². The summed E-state index contributed by atoms with van der Waals surface area (Å²) in [6.45, 7) is 4.02. The molecule has 132 valence electrons. The Morgan fingerprint density at radius 1 is 0.909 bits per heavy atom. The van der Waals surface area contributed by atoms with E-state index in [0.717, 1.165) is 6.42 Å². The van der Waals surface area contributed by atoms with E-state index in [1.807, 2.05) is 6.92 Å². The van der Waals surface area contributed by atoms with Gasteiger partial charge in [0, 0.05) is 13.0 Å². The molecule has 0 aromatic carbocycles. The van der Waals surface area contributed by atoms with E-state index >= 15 is 0 Å². The predicted octanol–water partition coefficient (Wildman–Crippen LogP) is 0.0528. The summed E-state index contributed by atoms with van der Waals surface area (Å²) < 4.78 is 25.9. The van der Waals surface area contributed by atoms with Crippen LogP contribution in [0.2, 0.25) is 0 Å². The fraction of sp³-hybridized carbons (Fsp3) is 0.929. The van der Waals surface area contributed by atoms with Crippen molar-refractivity contribution in [2.45, 2.75) is 38.9 Å². The van der Waals surface area contributed by atoms with Crippen molar-refractivity contribution in [2.75, 3.05) is 46.6 Å². The van der Waals surface area contributed by atoms with Crippen LogP contribution in [0.3, 0.4) is 0 Å². The Hall–Kier alpha value is -0.770. The molecular weight excluding hydrogens is 296 g/mol. The Kier molecular flexibility index (Phi) is 14.6. The summed E-state index contributed by atoms with van der Waals surface area (Å²) in [5.74, 6) is -0.363. The summed E-state index contributed by atoms with van der Waals surface area (Å²) in [5.41, 5.74) is 0. The zero-order valence-corrected chi connectivity index (χ0v) is 13.4. The summed E-state index contributed by atoms with van der Waals surface area (Å²) in [7, 11) is 0. The van der Waals surface area contributed by atoms with E-state index in [1.54, 1.807) is 6.92 Å². The standard InChI is InChI=1S/C14H28O8/c1-3-5-21-12(7-19-10-15)6-18-8-13(9-20-11-16)22-14(17)4-2/h12-13,15-16H,3-11H2,1-2H3. The number of aliphatic hydroxyl groups is 2. The molecule has 0 bridgehead atoms. The van der Waals surface area contributed by atoms with Crippen molar-refractivity contribution < 1.29 is 38.7 Å². The Morgan fingerprint density at radius 3 is 2.00 bits per heavy atom. The summed E-state index contributed by atoms with van der Waals surface area (Å²) >= 11 is 0. The molecule has 2 N–H and O–H groups in total. The molecule has 0 rings (SSSR count). The van der Waals surface area contributed by atoms with E-state index in [-0.39, 0.29) is 51.7 Å². The van der Waals surface area contributed by atoms with Crippen LogP contribution in [0.5, 0.6) is 0 Å². The molecular formula is C14H28O8. The molecule has 0 saturated heterocycles. The second-order valence-electron chi connectivity index (χ2n) is 4.50. The smallest absolute Gasteiger partial charge is 0.305 e. The average Bonchev–Trinajstić information content (AvgIpc) is 2.53. The highest BCUT2D eigenvalue weighted by atomic mass is 16.6. The minimum atomic E-state index is -0.592. The SMILES string of the molecule is CCCOC(COCO)COCC(COCO)OC(=O)CC. The number of aliphatic hydroxyl groups excluding tert-OH is 2. The molecule has 0 radical (unpaired) electrons. The lowest BCUT2D eigenvalue weighted by atomic mass is 10.3. The molecule has 0 amide bonds. The molecule has 0 aliphatic heterocycles. The highest BCUT2D eigenvalue weighted by Crippen LogP contribution is 2.02. The molecule has 0 aromatic rings. The van der Waals surface area contributed by atoms with Crippen LogP contribution in [0.4, 0.5) is 0 Å². The number of carbonyl (C=O) groups is 1. The van der Waals surface area contributed by atoms with Gasteiger partial charge < -0.3 is 33.9 Å². The molecule has 0 aliphatic rings. The molecule has 0 saturated carbocycles. The third-order valence-corrected chi connectivity index (χ3v) is 2.54. The lowest BCUT2D eigenvalue weighted by Gasteiger charge is -2.20. The summed E-state index contributed by atoms with van der Waals surface area (Å²) in [5, 5.41) is 17.3. The predicted molar refractivity (Wildman–Crippen MR) is 77.1 cm³/mol. The minimum absolute atomic E-state index is 0.0515. The third kappa shape index (κ3) is 11.8. The van der Waals surface area contributed by atoms with Crippen LogP contribution in [0.1, 0.15) is 26.7 Å². The second-order valence-corrected chi connectivity index (χ2v) is 4.50. The van der Waals surface area contributed by atoms with Gasteiger partial charge in [-0.2, -0.15) is 0 Å².